The number of phenols is 1. The number of azide groups is 1. The van der Waals surface area contributed by atoms with Crippen molar-refractivity contribution in [2.24, 2.45) is 5.11 Å². The van der Waals surface area contributed by atoms with Gasteiger partial charge in [0, 0.05) is 9.93 Å². The summed E-state index contributed by atoms with van der Waals surface area (Å²) in [6, 6.07) is 2.87. The van der Waals surface area contributed by atoms with Crippen molar-refractivity contribution in [3.63, 3.8) is 0 Å². The van der Waals surface area contributed by atoms with E-state index in [1.165, 1.54) is 12.1 Å². The molecule has 0 fully saturated rings. The highest BCUT2D eigenvalue weighted by molar-refractivity contribution is 6.31. The van der Waals surface area contributed by atoms with Crippen molar-refractivity contribution in [2.45, 2.75) is 6.92 Å². The van der Waals surface area contributed by atoms with E-state index in [1.807, 2.05) is 0 Å². The molecule has 0 heterocycles. The summed E-state index contributed by atoms with van der Waals surface area (Å²) in [6.07, 6.45) is 0. The number of aromatic hydroxyl groups is 1. The van der Waals surface area contributed by atoms with Crippen molar-refractivity contribution in [3.8, 4) is 5.75 Å². The van der Waals surface area contributed by atoms with Crippen LogP contribution in [0.15, 0.2) is 17.2 Å². The minimum absolute atomic E-state index is 0.0605. The number of benzene rings is 1. The van der Waals surface area contributed by atoms with Crippen LogP contribution in [0.2, 0.25) is 5.02 Å². The van der Waals surface area contributed by atoms with Crippen LogP contribution >= 0.6 is 11.6 Å². The van der Waals surface area contributed by atoms with Crippen molar-refractivity contribution in [2.75, 3.05) is 0 Å². The zero-order valence-electron chi connectivity index (χ0n) is 6.32. The second-order valence-electron chi connectivity index (χ2n) is 2.28. The zero-order valence-corrected chi connectivity index (χ0v) is 7.08. The van der Waals surface area contributed by atoms with Crippen molar-refractivity contribution in [1.82, 2.24) is 0 Å². The molecule has 1 aromatic carbocycles. The fraction of sp³-hybridized carbons (Fsp3) is 0.143. The summed E-state index contributed by atoms with van der Waals surface area (Å²) in [5.74, 6) is -0.0605. The van der Waals surface area contributed by atoms with Crippen LogP contribution in [0, 0.1) is 6.92 Å². The Hall–Kier alpha value is -1.38. The van der Waals surface area contributed by atoms with E-state index in [-0.39, 0.29) is 11.4 Å². The van der Waals surface area contributed by atoms with E-state index < -0.39 is 0 Å². The predicted octanol–water partition coefficient (Wildman–Crippen LogP) is 3.30. The molecule has 0 aliphatic carbocycles. The minimum Gasteiger partial charge on any atom is -0.507 e. The number of hydrogen-bond acceptors (Lipinski definition) is 2. The monoisotopic (exact) mass is 183 g/mol. The maximum atomic E-state index is 9.22. The first-order chi connectivity index (χ1) is 5.65. The van der Waals surface area contributed by atoms with Gasteiger partial charge in [-0.2, -0.15) is 0 Å². The summed E-state index contributed by atoms with van der Waals surface area (Å²) < 4.78 is 0. The molecule has 0 spiro atoms. The lowest BCUT2D eigenvalue weighted by atomic mass is 10.2. The summed E-state index contributed by atoms with van der Waals surface area (Å²) in [4.78, 5) is 2.54. The van der Waals surface area contributed by atoms with Gasteiger partial charge < -0.3 is 5.11 Å². The summed E-state index contributed by atoms with van der Waals surface area (Å²) in [5, 5.41) is 12.9. The molecular weight excluding hydrogens is 178 g/mol. The van der Waals surface area contributed by atoms with Gasteiger partial charge >= 0.3 is 0 Å². The van der Waals surface area contributed by atoms with Crippen LogP contribution in [0.4, 0.5) is 5.69 Å². The molecule has 0 saturated heterocycles. The maximum Gasteiger partial charge on any atom is 0.125 e. The molecule has 1 rings (SSSR count). The Morgan fingerprint density at radius 1 is 1.58 bits per heavy atom. The molecule has 0 radical (unpaired) electrons. The first-order valence-corrected chi connectivity index (χ1v) is 3.57. The highest BCUT2D eigenvalue weighted by Crippen LogP contribution is 2.32. The number of rotatable bonds is 1. The molecule has 0 aliphatic rings. The summed E-state index contributed by atoms with van der Waals surface area (Å²) in [6.45, 7) is 1.75. The van der Waals surface area contributed by atoms with Gasteiger partial charge in [-0.3, -0.25) is 0 Å². The lowest BCUT2D eigenvalue weighted by molar-refractivity contribution is 0.476. The Bertz CT molecular complexity index is 358. The molecule has 0 aliphatic heterocycles. The average Bonchev–Trinajstić information content (AvgIpc) is 2.01. The van der Waals surface area contributed by atoms with E-state index in [9.17, 15) is 5.11 Å². The Kier molecular flexibility index (Phi) is 2.43. The zero-order chi connectivity index (χ0) is 9.14. The van der Waals surface area contributed by atoms with Crippen LogP contribution in [0.3, 0.4) is 0 Å². The second kappa shape index (κ2) is 3.34. The van der Waals surface area contributed by atoms with E-state index in [2.05, 4.69) is 10.0 Å². The Morgan fingerprint density at radius 2 is 2.25 bits per heavy atom. The molecule has 0 saturated carbocycles. The summed E-state index contributed by atoms with van der Waals surface area (Å²) >= 11 is 5.73. The van der Waals surface area contributed by atoms with Crippen LogP contribution in [0.1, 0.15) is 5.56 Å². The minimum atomic E-state index is -0.0605. The van der Waals surface area contributed by atoms with E-state index in [0.717, 1.165) is 5.56 Å². The molecule has 0 amide bonds. The normalized spacial score (nSPS) is 9.17. The summed E-state index contributed by atoms with van der Waals surface area (Å²) in [5.41, 5.74) is 9.00. The van der Waals surface area contributed by atoms with E-state index in [1.54, 1.807) is 6.92 Å². The third-order valence-electron chi connectivity index (χ3n) is 1.41. The first kappa shape index (κ1) is 8.71. The van der Waals surface area contributed by atoms with Crippen LogP contribution in [0.5, 0.6) is 5.75 Å². The van der Waals surface area contributed by atoms with Gasteiger partial charge in [0.1, 0.15) is 5.75 Å². The first-order valence-electron chi connectivity index (χ1n) is 3.19. The average molecular weight is 184 g/mol. The molecular formula is C7H6ClN3O. The van der Waals surface area contributed by atoms with Crippen molar-refractivity contribution < 1.29 is 5.11 Å². The second-order valence-corrected chi connectivity index (χ2v) is 2.69. The Balaban J connectivity index is 3.32. The van der Waals surface area contributed by atoms with E-state index in [4.69, 9.17) is 17.1 Å². The molecule has 12 heavy (non-hydrogen) atoms. The van der Waals surface area contributed by atoms with Gasteiger partial charge in [0.25, 0.3) is 0 Å². The van der Waals surface area contributed by atoms with Gasteiger partial charge in [0.05, 0.1) is 5.69 Å². The molecule has 0 atom stereocenters. The Labute approximate surface area is 74.0 Å². The van der Waals surface area contributed by atoms with Gasteiger partial charge in [0.15, 0.2) is 0 Å². The third-order valence-corrected chi connectivity index (χ3v) is 1.82. The molecule has 0 aromatic heterocycles. The predicted molar refractivity (Wildman–Crippen MR) is 46.7 cm³/mol. The van der Waals surface area contributed by atoms with Crippen molar-refractivity contribution in [1.29, 1.82) is 0 Å². The molecule has 0 unspecified atom stereocenters. The van der Waals surface area contributed by atoms with Gasteiger partial charge in [-0.05, 0) is 30.2 Å². The van der Waals surface area contributed by atoms with Crippen LogP contribution < -0.4 is 0 Å². The molecule has 1 N–H and O–H groups in total. The topological polar surface area (TPSA) is 69.0 Å². The maximum absolute atomic E-state index is 9.22. The SMILES string of the molecule is Cc1cc(O)c(N=[N+]=[N-])cc1Cl. The van der Waals surface area contributed by atoms with Gasteiger partial charge in [-0.15, -0.1) is 0 Å². The van der Waals surface area contributed by atoms with E-state index in [0.29, 0.717) is 5.02 Å². The third kappa shape index (κ3) is 1.61. The quantitative estimate of drug-likeness (QED) is 0.405. The highest BCUT2D eigenvalue weighted by Gasteiger charge is 2.02. The van der Waals surface area contributed by atoms with Crippen LogP contribution in [0.25, 0.3) is 10.4 Å². The van der Waals surface area contributed by atoms with E-state index >= 15 is 0 Å². The number of halogens is 1. The van der Waals surface area contributed by atoms with Gasteiger partial charge in [-0.25, -0.2) is 0 Å². The molecule has 62 valence electrons. The highest BCUT2D eigenvalue weighted by atomic mass is 35.5. The standard InChI is InChI=1S/C7H6ClN3O/c1-4-2-7(12)6(10-11-9)3-5(4)8/h2-3,12H,1H3. The number of aryl methyl sites for hydroxylation is 1. The van der Waals surface area contributed by atoms with Crippen LogP contribution in [-0.4, -0.2) is 5.11 Å². The fourth-order valence-electron chi connectivity index (χ4n) is 0.784. The van der Waals surface area contributed by atoms with Gasteiger partial charge in [0.2, 0.25) is 0 Å². The van der Waals surface area contributed by atoms with Crippen molar-refractivity contribution >= 4 is 17.3 Å². The summed E-state index contributed by atoms with van der Waals surface area (Å²) in [7, 11) is 0. The van der Waals surface area contributed by atoms with Crippen molar-refractivity contribution in [3.05, 3.63) is 33.2 Å². The smallest absolute Gasteiger partial charge is 0.125 e. The molecule has 1 aromatic rings. The molecule has 5 heteroatoms. The largest absolute Gasteiger partial charge is 0.507 e. The lowest BCUT2D eigenvalue weighted by Gasteiger charge is -2.01. The lowest BCUT2D eigenvalue weighted by Crippen LogP contribution is -1.74. The molecule has 4 nitrogen and oxygen atoms in total. The number of nitrogens with zero attached hydrogens (tertiary/aromatic N) is 3. The number of hydrogen-bond donors (Lipinski definition) is 1. The van der Waals surface area contributed by atoms with Crippen LogP contribution in [-0.2, 0) is 0 Å². The van der Waals surface area contributed by atoms with Gasteiger partial charge in [-0.1, -0.05) is 16.7 Å². The number of phenolic OH excluding ortho intramolecular Hbond substituents is 1. The molecule has 0 bridgehead atoms. The Morgan fingerprint density at radius 3 is 2.83 bits per heavy atom. The fourth-order valence-corrected chi connectivity index (χ4v) is 0.942.